The van der Waals surface area contributed by atoms with Crippen LogP contribution in [0.3, 0.4) is 0 Å². The molecule has 0 bridgehead atoms. The number of hydrogen-bond acceptors (Lipinski definition) is 17. The molecule has 2 aliphatic rings. The number of aliphatic hydroxyl groups excluding tert-OH is 10. The summed E-state index contributed by atoms with van der Waals surface area (Å²) in [6.07, 6.45) is -18.3. The van der Waals surface area contributed by atoms with Crippen LogP contribution in [0.2, 0.25) is 0 Å². The van der Waals surface area contributed by atoms with Crippen molar-refractivity contribution >= 4 is 49.7 Å². The van der Waals surface area contributed by atoms with Crippen molar-refractivity contribution in [1.29, 1.82) is 0 Å². The predicted octanol–water partition coefficient (Wildman–Crippen LogP) is -13.7. The molecule has 2 rings (SSSR count). The minimum absolute atomic E-state index is 0. The Morgan fingerprint density at radius 2 is 1.05 bits per heavy atom. The topological polar surface area (TPSA) is 468 Å². The first kappa shape index (κ1) is 56.3. The number of carboxylic acids is 2. The zero-order valence-electron chi connectivity index (χ0n) is 21.9. The number of carbonyl (C=O) groups excluding carboxylic acids is 2. The van der Waals surface area contributed by atoms with Gasteiger partial charge in [0.1, 0.15) is 48.8 Å². The average Bonchev–Trinajstić information content (AvgIpc) is 2.79. The van der Waals surface area contributed by atoms with Gasteiger partial charge in [-0.3, -0.25) is 0 Å². The Balaban J connectivity index is -0.000000110. The Morgan fingerprint density at radius 1 is 0.683 bits per heavy atom. The van der Waals surface area contributed by atoms with Crippen LogP contribution < -0.4 is 10.2 Å². The summed E-state index contributed by atoms with van der Waals surface area (Å²) in [5.41, 5.74) is 0. The van der Waals surface area contributed by atoms with E-state index in [1.165, 1.54) is 0 Å². The molecule has 2 fully saturated rings. The van der Waals surface area contributed by atoms with Crippen molar-refractivity contribution in [3.8, 4) is 0 Å². The Hall–Kier alpha value is -0.520. The molecule has 2 aliphatic heterocycles. The Bertz CT molecular complexity index is 620. The number of aliphatic hydroxyl groups is 10. The normalized spacial score (nSPS) is 33.0. The van der Waals surface area contributed by atoms with E-state index < -0.39 is 98.8 Å². The summed E-state index contributed by atoms with van der Waals surface area (Å²) in [5.74, 6) is -2.87. The summed E-state index contributed by atoms with van der Waals surface area (Å²) in [4.78, 5) is 18.7. The number of carbonyl (C=O) groups is 2. The van der Waals surface area contributed by atoms with Gasteiger partial charge < -0.3 is 112 Å². The molecule has 2 heterocycles. The molecule has 2 saturated heterocycles. The first-order valence-corrected chi connectivity index (χ1v) is 10.1. The summed E-state index contributed by atoms with van der Waals surface area (Å²) >= 11 is 0. The molecule has 248 valence electrons. The molecule has 0 spiro atoms. The fraction of sp³-hybridized carbons (Fsp3) is 0.889. The summed E-state index contributed by atoms with van der Waals surface area (Å²) in [5, 5.41) is 111. The minimum Gasteiger partial charge on any atom is -0.547 e. The SMILES string of the molecule is CC(O)C(=O)[O-].CC(O)C(=O)[O-].O.O.O.O.O.OC[C@H]1O[C@@H](O[C@H]2[C@H](O)[C@@H](O)[C@@H](O)O[C@@H]2CO)[C@H](O)[C@@H](O)[C@H]1O.[Ca+2]. The first-order chi connectivity index (χ1) is 16.1. The average molecular weight is 651 g/mol. The third kappa shape index (κ3) is 18.0. The molecule has 0 aromatic heterocycles. The van der Waals surface area contributed by atoms with Crippen molar-refractivity contribution in [1.82, 2.24) is 0 Å². The second kappa shape index (κ2) is 27.1. The summed E-state index contributed by atoms with van der Waals surface area (Å²) in [6.45, 7) is 0.924. The van der Waals surface area contributed by atoms with Gasteiger partial charge >= 0.3 is 37.7 Å². The van der Waals surface area contributed by atoms with Gasteiger partial charge in [-0.25, -0.2) is 0 Å². The van der Waals surface area contributed by atoms with Crippen LogP contribution in [-0.2, 0) is 23.8 Å². The van der Waals surface area contributed by atoms with Gasteiger partial charge in [0.2, 0.25) is 0 Å². The van der Waals surface area contributed by atoms with E-state index in [0.29, 0.717) is 0 Å². The summed E-state index contributed by atoms with van der Waals surface area (Å²) in [7, 11) is 0. The van der Waals surface area contributed by atoms with Gasteiger partial charge in [0.15, 0.2) is 12.6 Å². The molecular weight excluding hydrogens is 608 g/mol. The summed E-state index contributed by atoms with van der Waals surface area (Å²) in [6, 6.07) is 0. The molecule has 23 heteroatoms. The van der Waals surface area contributed by atoms with Crippen LogP contribution in [0.25, 0.3) is 0 Å². The number of ether oxygens (including phenoxy) is 3. The third-order valence-corrected chi connectivity index (χ3v) is 4.66. The van der Waals surface area contributed by atoms with Gasteiger partial charge in [0.05, 0.1) is 37.4 Å². The Kier molecular flexibility index (Phi) is 37.1. The van der Waals surface area contributed by atoms with Gasteiger partial charge in [-0.15, -0.1) is 0 Å². The molecular formula is C18H42CaO22. The van der Waals surface area contributed by atoms with Gasteiger partial charge in [-0.05, 0) is 13.8 Å². The molecule has 0 aromatic carbocycles. The maximum atomic E-state index is 9.94. The zero-order chi connectivity index (χ0) is 27.6. The van der Waals surface area contributed by atoms with Gasteiger partial charge in [-0.2, -0.15) is 0 Å². The van der Waals surface area contributed by atoms with Crippen LogP contribution in [0.5, 0.6) is 0 Å². The molecule has 0 saturated carbocycles. The third-order valence-electron chi connectivity index (χ3n) is 4.66. The second-order valence-corrected chi connectivity index (χ2v) is 7.52. The number of carboxylic acid groups (broad SMARTS) is 2. The maximum absolute atomic E-state index is 9.94. The van der Waals surface area contributed by atoms with E-state index in [1.54, 1.807) is 0 Å². The Labute approximate surface area is 262 Å². The molecule has 0 amide bonds. The molecule has 12 atom stereocenters. The van der Waals surface area contributed by atoms with Crippen molar-refractivity contribution < 1.29 is 112 Å². The smallest absolute Gasteiger partial charge is 0.547 e. The van der Waals surface area contributed by atoms with E-state index in [9.17, 15) is 55.5 Å². The van der Waals surface area contributed by atoms with Gasteiger partial charge in [0.25, 0.3) is 0 Å². The largest absolute Gasteiger partial charge is 2.00 e. The van der Waals surface area contributed by atoms with Crippen molar-refractivity contribution in [2.45, 2.75) is 87.5 Å². The van der Waals surface area contributed by atoms with Crippen LogP contribution in [0.15, 0.2) is 0 Å². The van der Waals surface area contributed by atoms with E-state index in [0.717, 1.165) is 13.8 Å². The molecule has 0 aromatic rings. The molecule has 22 nitrogen and oxygen atoms in total. The number of rotatable bonds is 6. The van der Waals surface area contributed by atoms with Crippen LogP contribution in [0.1, 0.15) is 13.8 Å². The van der Waals surface area contributed by atoms with Crippen LogP contribution in [-0.4, -0.2) is 215 Å². The van der Waals surface area contributed by atoms with Crippen molar-refractivity contribution in [2.75, 3.05) is 13.2 Å². The van der Waals surface area contributed by atoms with Crippen molar-refractivity contribution in [3.05, 3.63) is 0 Å². The predicted molar refractivity (Wildman–Crippen MR) is 126 cm³/mol. The number of hydrogen-bond donors (Lipinski definition) is 10. The minimum atomic E-state index is -1.74. The molecule has 2 unspecified atom stereocenters. The summed E-state index contributed by atoms with van der Waals surface area (Å²) < 4.78 is 15.3. The zero-order valence-corrected chi connectivity index (χ0v) is 24.1. The van der Waals surface area contributed by atoms with E-state index in [4.69, 9.17) is 29.5 Å². The van der Waals surface area contributed by atoms with E-state index in [-0.39, 0.29) is 65.1 Å². The molecule has 0 radical (unpaired) electrons. The molecule has 20 N–H and O–H groups in total. The van der Waals surface area contributed by atoms with Crippen LogP contribution in [0, 0.1) is 0 Å². The van der Waals surface area contributed by atoms with E-state index in [2.05, 4.69) is 0 Å². The number of aliphatic carboxylic acids is 2. The Morgan fingerprint density at radius 3 is 1.37 bits per heavy atom. The monoisotopic (exact) mass is 650 g/mol. The fourth-order valence-electron chi connectivity index (χ4n) is 2.57. The molecule has 0 aliphatic carbocycles. The van der Waals surface area contributed by atoms with Crippen LogP contribution in [0.4, 0.5) is 0 Å². The first-order valence-electron chi connectivity index (χ1n) is 10.1. The second-order valence-electron chi connectivity index (χ2n) is 7.52. The molecule has 41 heavy (non-hydrogen) atoms. The maximum Gasteiger partial charge on any atom is 2.00 e. The quantitative estimate of drug-likeness (QED) is 0.119. The van der Waals surface area contributed by atoms with Crippen LogP contribution >= 0.6 is 0 Å². The van der Waals surface area contributed by atoms with Crippen molar-refractivity contribution in [2.24, 2.45) is 0 Å². The standard InChI is InChI=1S/C12H22O11.2C3H6O3.Ca.5H2O/c13-1-3-5(15)6(16)9(19)12(22-3)23-10-4(2-14)21-11(20)8(18)7(10)17;2*1-2(4)3(5)6;;;;;;/h3-20H,1-2H2;2*2,4H,1H3,(H,5,6);;5*1H2/q;;;+2;;;;;/p-2/t3-,4-,5+,6+,7-,8-,9-,10-,11+,12+;;;;;;;;/m1......../s1. The van der Waals surface area contributed by atoms with Crippen molar-refractivity contribution in [3.63, 3.8) is 0 Å². The van der Waals surface area contributed by atoms with E-state index in [1.807, 2.05) is 0 Å². The van der Waals surface area contributed by atoms with Gasteiger partial charge in [0, 0.05) is 0 Å². The van der Waals surface area contributed by atoms with Gasteiger partial charge in [-0.1, -0.05) is 0 Å². The fourth-order valence-corrected chi connectivity index (χ4v) is 2.57. The van der Waals surface area contributed by atoms with E-state index >= 15 is 0 Å².